The van der Waals surface area contributed by atoms with Crippen molar-refractivity contribution in [2.24, 2.45) is 0 Å². The van der Waals surface area contributed by atoms with E-state index in [1.54, 1.807) is 0 Å². The summed E-state index contributed by atoms with van der Waals surface area (Å²) in [7, 11) is 0. The minimum Gasteiger partial charge on any atom is -0.394 e. The maximum Gasteiger partial charge on any atom is 0.220 e. The van der Waals surface area contributed by atoms with Crippen LogP contribution in [0.4, 0.5) is 0 Å². The maximum absolute atomic E-state index is 12.4. The lowest BCUT2D eigenvalue weighted by atomic mass is 10.0. The minimum absolute atomic E-state index is 0.0664. The molecule has 0 heterocycles. The van der Waals surface area contributed by atoms with Crippen molar-refractivity contribution in [1.29, 1.82) is 0 Å². The van der Waals surface area contributed by atoms with Crippen LogP contribution < -0.4 is 5.32 Å². The Morgan fingerprint density at radius 2 is 0.830 bits per heavy atom. The molecule has 0 saturated heterocycles. The van der Waals surface area contributed by atoms with Gasteiger partial charge in [0.1, 0.15) is 0 Å². The molecular formula is C49H85NO3. The lowest BCUT2D eigenvalue weighted by Gasteiger charge is -2.22. The summed E-state index contributed by atoms with van der Waals surface area (Å²) in [5.74, 6) is -0.0664. The Hall–Kier alpha value is -2.43. The molecule has 0 rings (SSSR count). The van der Waals surface area contributed by atoms with E-state index in [9.17, 15) is 15.0 Å². The van der Waals surface area contributed by atoms with Gasteiger partial charge in [-0.1, -0.05) is 208 Å². The number of rotatable bonds is 39. The predicted molar refractivity (Wildman–Crippen MR) is 234 cm³/mol. The molecule has 304 valence electrons. The highest BCUT2D eigenvalue weighted by molar-refractivity contribution is 5.76. The van der Waals surface area contributed by atoms with Crippen molar-refractivity contribution >= 4 is 5.91 Å². The molecule has 0 bridgehead atoms. The second-order valence-corrected chi connectivity index (χ2v) is 14.7. The summed E-state index contributed by atoms with van der Waals surface area (Å²) in [6.45, 7) is 4.22. The molecule has 0 radical (unpaired) electrons. The lowest BCUT2D eigenvalue weighted by molar-refractivity contribution is -0.123. The number of aliphatic hydroxyl groups excluding tert-OH is 2. The number of hydrogen-bond donors (Lipinski definition) is 3. The van der Waals surface area contributed by atoms with Crippen molar-refractivity contribution in [3.63, 3.8) is 0 Å². The second kappa shape index (κ2) is 44.0. The largest absolute Gasteiger partial charge is 0.394 e. The fourth-order valence-corrected chi connectivity index (χ4v) is 6.28. The van der Waals surface area contributed by atoms with Crippen LogP contribution >= 0.6 is 0 Å². The Morgan fingerprint density at radius 1 is 0.472 bits per heavy atom. The van der Waals surface area contributed by atoms with Gasteiger partial charge in [0.15, 0.2) is 0 Å². The van der Waals surface area contributed by atoms with E-state index in [2.05, 4.69) is 104 Å². The van der Waals surface area contributed by atoms with E-state index in [4.69, 9.17) is 0 Å². The van der Waals surface area contributed by atoms with Gasteiger partial charge in [0.2, 0.25) is 5.91 Å². The quantitative estimate of drug-likeness (QED) is 0.0435. The van der Waals surface area contributed by atoms with Crippen molar-refractivity contribution in [2.45, 2.75) is 212 Å². The van der Waals surface area contributed by atoms with Gasteiger partial charge in [-0.25, -0.2) is 0 Å². The molecule has 4 nitrogen and oxygen atoms in total. The highest BCUT2D eigenvalue weighted by Crippen LogP contribution is 2.15. The summed E-state index contributed by atoms with van der Waals surface area (Å²) < 4.78 is 0. The van der Waals surface area contributed by atoms with Crippen molar-refractivity contribution in [3.8, 4) is 0 Å². The van der Waals surface area contributed by atoms with E-state index in [1.807, 2.05) is 0 Å². The summed E-state index contributed by atoms with van der Waals surface area (Å²) in [6.07, 6.45) is 63.7. The average molecular weight is 736 g/mol. The molecule has 0 aliphatic heterocycles. The highest BCUT2D eigenvalue weighted by atomic mass is 16.3. The topological polar surface area (TPSA) is 69.6 Å². The first-order chi connectivity index (χ1) is 26.2. The number of hydrogen-bond acceptors (Lipinski definition) is 3. The number of carbonyl (C=O) groups is 1. The van der Waals surface area contributed by atoms with E-state index in [-0.39, 0.29) is 12.5 Å². The molecule has 1 amide bonds. The normalized spacial score (nSPS) is 13.8. The van der Waals surface area contributed by atoms with Crippen LogP contribution in [-0.4, -0.2) is 34.9 Å². The molecule has 0 spiro atoms. The van der Waals surface area contributed by atoms with Gasteiger partial charge in [0, 0.05) is 6.42 Å². The Kier molecular flexibility index (Phi) is 42.0. The molecule has 0 aliphatic carbocycles. The van der Waals surface area contributed by atoms with Gasteiger partial charge in [-0.3, -0.25) is 4.79 Å². The SMILES string of the molecule is CC/C=C\C/C=C\C/C=C\C/C=C\C/C=C\C/C=C\C/C=C\CCCCCC(=O)NC(CO)C(O)CCCCCCCCCCCCCCCCCC. The van der Waals surface area contributed by atoms with Gasteiger partial charge in [0.05, 0.1) is 18.8 Å². The number of carbonyl (C=O) groups excluding carboxylic acids is 1. The first-order valence-corrected chi connectivity index (χ1v) is 22.3. The van der Waals surface area contributed by atoms with Crippen molar-refractivity contribution in [3.05, 3.63) is 85.1 Å². The first kappa shape index (κ1) is 50.6. The predicted octanol–water partition coefficient (Wildman–Crippen LogP) is 14.1. The van der Waals surface area contributed by atoms with Crippen molar-refractivity contribution < 1.29 is 15.0 Å². The van der Waals surface area contributed by atoms with Crippen LogP contribution in [0.3, 0.4) is 0 Å². The molecule has 2 atom stereocenters. The smallest absolute Gasteiger partial charge is 0.220 e. The zero-order valence-corrected chi connectivity index (χ0v) is 34.8. The van der Waals surface area contributed by atoms with Crippen molar-refractivity contribution in [2.75, 3.05) is 6.61 Å². The summed E-state index contributed by atoms with van der Waals surface area (Å²) in [4.78, 5) is 12.4. The molecule has 0 aromatic carbocycles. The summed E-state index contributed by atoms with van der Waals surface area (Å²) in [6, 6.07) is -0.559. The summed E-state index contributed by atoms with van der Waals surface area (Å²) in [5.41, 5.74) is 0. The summed E-state index contributed by atoms with van der Waals surface area (Å²) in [5, 5.41) is 23.2. The van der Waals surface area contributed by atoms with E-state index in [0.29, 0.717) is 12.8 Å². The van der Waals surface area contributed by atoms with Crippen LogP contribution in [0.15, 0.2) is 85.1 Å². The van der Waals surface area contributed by atoms with E-state index in [1.165, 1.54) is 89.9 Å². The van der Waals surface area contributed by atoms with E-state index >= 15 is 0 Å². The number of amides is 1. The molecule has 0 saturated carbocycles. The van der Waals surface area contributed by atoms with Crippen LogP contribution in [0.2, 0.25) is 0 Å². The van der Waals surface area contributed by atoms with E-state index in [0.717, 1.165) is 83.5 Å². The molecule has 2 unspecified atom stereocenters. The molecule has 3 N–H and O–H groups in total. The van der Waals surface area contributed by atoms with Gasteiger partial charge >= 0.3 is 0 Å². The average Bonchev–Trinajstić information content (AvgIpc) is 3.16. The number of aliphatic hydroxyl groups is 2. The monoisotopic (exact) mass is 736 g/mol. The number of nitrogens with one attached hydrogen (secondary N) is 1. The molecule has 0 fully saturated rings. The third-order valence-electron chi connectivity index (χ3n) is 9.67. The highest BCUT2D eigenvalue weighted by Gasteiger charge is 2.19. The van der Waals surface area contributed by atoms with Crippen LogP contribution in [-0.2, 0) is 4.79 Å². The van der Waals surface area contributed by atoms with Gasteiger partial charge in [-0.15, -0.1) is 0 Å². The molecule has 0 aromatic rings. The maximum atomic E-state index is 12.4. The van der Waals surface area contributed by atoms with Crippen LogP contribution in [0.5, 0.6) is 0 Å². The van der Waals surface area contributed by atoms with E-state index < -0.39 is 12.1 Å². The lowest BCUT2D eigenvalue weighted by Crippen LogP contribution is -2.45. The zero-order valence-electron chi connectivity index (χ0n) is 34.8. The molecular weight excluding hydrogens is 651 g/mol. The standard InChI is InChI=1S/C49H85NO3/c1-3-5-7-9-11-13-15-17-19-21-22-23-24-25-26-27-28-29-31-33-35-37-39-41-43-45-49(53)50-47(46-51)48(52)44-42-40-38-36-34-32-30-20-18-16-14-12-10-8-6-4-2/h5,7,11,13,17,19,22-23,25-26,28-29,33,35,47-48,51-52H,3-4,6,8-10,12,14-16,18,20-21,24,27,30-32,34,36-46H2,1-2H3,(H,50,53)/b7-5-,13-11-,19-17-,23-22-,26-25-,29-28-,35-33-. The van der Waals surface area contributed by atoms with Crippen LogP contribution in [0.1, 0.15) is 200 Å². The third-order valence-corrected chi connectivity index (χ3v) is 9.67. The number of allylic oxidation sites excluding steroid dienone is 14. The third kappa shape index (κ3) is 40.6. The molecule has 4 heteroatoms. The zero-order chi connectivity index (χ0) is 38.6. The Labute approximate surface area is 329 Å². The minimum atomic E-state index is -0.679. The van der Waals surface area contributed by atoms with Crippen LogP contribution in [0, 0.1) is 0 Å². The Balaban J connectivity index is 3.67. The van der Waals surface area contributed by atoms with Gasteiger partial charge in [-0.2, -0.15) is 0 Å². The fourth-order valence-electron chi connectivity index (χ4n) is 6.28. The molecule has 0 aliphatic rings. The summed E-state index contributed by atoms with van der Waals surface area (Å²) >= 11 is 0. The van der Waals surface area contributed by atoms with Gasteiger partial charge in [0.25, 0.3) is 0 Å². The molecule has 0 aromatic heterocycles. The molecule has 53 heavy (non-hydrogen) atoms. The van der Waals surface area contributed by atoms with Gasteiger partial charge < -0.3 is 15.5 Å². The Morgan fingerprint density at radius 3 is 1.23 bits per heavy atom. The second-order valence-electron chi connectivity index (χ2n) is 14.7. The fraction of sp³-hybridized carbons (Fsp3) is 0.694. The van der Waals surface area contributed by atoms with Gasteiger partial charge in [-0.05, 0) is 70.6 Å². The van der Waals surface area contributed by atoms with Crippen molar-refractivity contribution in [1.82, 2.24) is 5.32 Å². The first-order valence-electron chi connectivity index (χ1n) is 22.3. The number of unbranched alkanes of at least 4 members (excludes halogenated alkanes) is 18. The van der Waals surface area contributed by atoms with Crippen LogP contribution in [0.25, 0.3) is 0 Å². The Bertz CT molecular complexity index is 972.